The summed E-state index contributed by atoms with van der Waals surface area (Å²) in [6.07, 6.45) is 9.01. The van der Waals surface area contributed by atoms with Crippen LogP contribution in [0.4, 0.5) is 0 Å². The van der Waals surface area contributed by atoms with Crippen molar-refractivity contribution in [3.63, 3.8) is 0 Å². The molecular weight excluding hydrogens is 424 g/mol. The molecule has 2 fully saturated rings. The van der Waals surface area contributed by atoms with E-state index >= 15 is 0 Å². The summed E-state index contributed by atoms with van der Waals surface area (Å²) in [5.74, 6) is 0.566. The van der Waals surface area contributed by atoms with Crippen LogP contribution in [0, 0.1) is 23.7 Å². The number of aromatic nitrogens is 2. The highest BCUT2D eigenvalue weighted by atomic mass is 16.5. The predicted octanol–water partition coefficient (Wildman–Crippen LogP) is 2.84. The average molecular weight is 463 g/mol. The van der Waals surface area contributed by atoms with Gasteiger partial charge in [-0.25, -0.2) is 4.68 Å². The fourth-order valence-electron chi connectivity index (χ4n) is 5.12. The number of hydrogen-bond donors (Lipinski definition) is 3. The van der Waals surface area contributed by atoms with Gasteiger partial charge in [-0.05, 0) is 56.8 Å². The molecule has 3 unspecified atom stereocenters. The molecule has 1 aromatic rings. The third-order valence-electron chi connectivity index (χ3n) is 6.86. The van der Waals surface area contributed by atoms with E-state index in [0.29, 0.717) is 12.5 Å². The number of carboxylic acids is 1. The molecular formula is C24H38N4O5. The van der Waals surface area contributed by atoms with Gasteiger partial charge in [-0.1, -0.05) is 33.1 Å². The third kappa shape index (κ3) is 6.71. The fourth-order valence-corrected chi connectivity index (χ4v) is 5.12. The predicted molar refractivity (Wildman–Crippen MR) is 123 cm³/mol. The van der Waals surface area contributed by atoms with E-state index < -0.39 is 17.9 Å². The van der Waals surface area contributed by atoms with E-state index in [2.05, 4.69) is 22.7 Å². The monoisotopic (exact) mass is 462 g/mol. The van der Waals surface area contributed by atoms with E-state index in [-0.39, 0.29) is 35.9 Å². The molecule has 4 atom stereocenters. The molecule has 2 aliphatic carbocycles. The number of ether oxygens (including phenoxy) is 1. The first-order valence-corrected chi connectivity index (χ1v) is 12.2. The summed E-state index contributed by atoms with van der Waals surface area (Å²) in [4.78, 5) is 36.4. The van der Waals surface area contributed by atoms with Gasteiger partial charge < -0.3 is 20.5 Å². The standard InChI is InChI=1S/C24H38N4O5/c1-14(2)13-33-23-20(11-25-28(23)12-21(29)26-16(4)24(31)32)22(30)27-15(3)19-9-17-6-5-7-18(8-17)10-19/h11,14-19H,5-10,12-13H2,1-4H3,(H,26,29)(H,27,30)(H,31,32)/t15?,16-,17?,18?,19?/m0/s1. The highest BCUT2D eigenvalue weighted by Crippen LogP contribution is 2.43. The molecule has 0 aliphatic heterocycles. The summed E-state index contributed by atoms with van der Waals surface area (Å²) >= 11 is 0. The van der Waals surface area contributed by atoms with Crippen molar-refractivity contribution in [2.24, 2.45) is 23.7 Å². The molecule has 1 heterocycles. The number of rotatable bonds is 10. The van der Waals surface area contributed by atoms with Crippen LogP contribution in [0.25, 0.3) is 0 Å². The van der Waals surface area contributed by atoms with Gasteiger partial charge in [0.2, 0.25) is 11.8 Å². The number of carboxylic acid groups (broad SMARTS) is 1. The summed E-state index contributed by atoms with van der Waals surface area (Å²) in [5.41, 5.74) is 0.289. The lowest BCUT2D eigenvalue weighted by Crippen LogP contribution is -2.42. The zero-order chi connectivity index (χ0) is 24.1. The van der Waals surface area contributed by atoms with Crippen molar-refractivity contribution in [2.45, 2.75) is 84.8 Å². The Bertz CT molecular complexity index is 840. The molecule has 2 amide bonds. The molecule has 2 saturated carbocycles. The molecule has 0 radical (unpaired) electrons. The number of nitrogens with zero attached hydrogens (tertiary/aromatic N) is 2. The lowest BCUT2D eigenvalue weighted by Gasteiger charge is -2.41. The van der Waals surface area contributed by atoms with Gasteiger partial charge in [0.05, 0.1) is 12.8 Å². The number of amides is 2. The lowest BCUT2D eigenvalue weighted by molar-refractivity contribution is -0.141. The molecule has 0 saturated heterocycles. The molecule has 3 N–H and O–H groups in total. The number of aliphatic carboxylic acids is 1. The van der Waals surface area contributed by atoms with Crippen molar-refractivity contribution >= 4 is 17.8 Å². The minimum Gasteiger partial charge on any atom is -0.480 e. The normalized spacial score (nSPS) is 24.1. The number of hydrogen-bond acceptors (Lipinski definition) is 5. The quantitative estimate of drug-likeness (QED) is 0.491. The Hall–Kier alpha value is -2.58. The van der Waals surface area contributed by atoms with Crippen molar-refractivity contribution in [2.75, 3.05) is 6.61 Å². The molecule has 9 nitrogen and oxygen atoms in total. The summed E-state index contributed by atoms with van der Waals surface area (Å²) < 4.78 is 7.19. The summed E-state index contributed by atoms with van der Waals surface area (Å²) in [5, 5.41) is 18.7. The van der Waals surface area contributed by atoms with E-state index in [0.717, 1.165) is 24.7 Å². The van der Waals surface area contributed by atoms with E-state index in [1.165, 1.54) is 43.5 Å². The second kappa shape index (κ2) is 11.0. The Morgan fingerprint density at radius 1 is 1.12 bits per heavy atom. The maximum atomic E-state index is 13.2. The first-order chi connectivity index (χ1) is 15.6. The molecule has 184 valence electrons. The lowest BCUT2D eigenvalue weighted by atomic mass is 9.66. The molecule has 2 bridgehead atoms. The van der Waals surface area contributed by atoms with Crippen molar-refractivity contribution < 1.29 is 24.2 Å². The van der Waals surface area contributed by atoms with Gasteiger partial charge in [-0.15, -0.1) is 0 Å². The molecule has 2 aliphatic rings. The van der Waals surface area contributed by atoms with E-state index in [9.17, 15) is 14.4 Å². The zero-order valence-electron chi connectivity index (χ0n) is 20.2. The Labute approximate surface area is 195 Å². The fraction of sp³-hybridized carbons (Fsp3) is 0.750. The molecule has 9 heteroatoms. The second-order valence-corrected chi connectivity index (χ2v) is 10.2. The summed E-state index contributed by atoms with van der Waals surface area (Å²) in [7, 11) is 0. The van der Waals surface area contributed by atoms with E-state index in [1.807, 2.05) is 13.8 Å². The zero-order valence-corrected chi connectivity index (χ0v) is 20.2. The van der Waals surface area contributed by atoms with Gasteiger partial charge in [0.25, 0.3) is 5.91 Å². The maximum Gasteiger partial charge on any atom is 0.325 e. The van der Waals surface area contributed by atoms with Crippen molar-refractivity contribution in [3.8, 4) is 5.88 Å². The Kier molecular flexibility index (Phi) is 8.37. The minimum absolute atomic E-state index is 0.0434. The number of carbonyl (C=O) groups is 3. The third-order valence-corrected chi connectivity index (χ3v) is 6.86. The smallest absolute Gasteiger partial charge is 0.325 e. The Morgan fingerprint density at radius 3 is 2.39 bits per heavy atom. The van der Waals surface area contributed by atoms with Crippen LogP contribution < -0.4 is 15.4 Å². The first-order valence-electron chi connectivity index (χ1n) is 12.2. The molecule has 0 spiro atoms. The van der Waals surface area contributed by atoms with Crippen LogP contribution in [0.5, 0.6) is 5.88 Å². The molecule has 33 heavy (non-hydrogen) atoms. The van der Waals surface area contributed by atoms with Gasteiger partial charge in [0.1, 0.15) is 18.2 Å². The van der Waals surface area contributed by atoms with Crippen LogP contribution in [0.1, 0.15) is 76.6 Å². The van der Waals surface area contributed by atoms with Crippen molar-refractivity contribution in [1.82, 2.24) is 20.4 Å². The summed E-state index contributed by atoms with van der Waals surface area (Å²) in [6, 6.07) is -0.978. The van der Waals surface area contributed by atoms with E-state index in [4.69, 9.17) is 9.84 Å². The molecule has 0 aromatic carbocycles. The largest absolute Gasteiger partial charge is 0.480 e. The van der Waals surface area contributed by atoms with Crippen molar-refractivity contribution in [1.29, 1.82) is 0 Å². The highest BCUT2D eigenvalue weighted by molar-refractivity contribution is 5.96. The Morgan fingerprint density at radius 2 is 1.79 bits per heavy atom. The van der Waals surface area contributed by atoms with E-state index in [1.54, 1.807) is 0 Å². The first kappa shape index (κ1) is 25.1. The SMILES string of the molecule is CC(C)COc1c(C(=O)NC(C)C2CC3CCCC(C3)C2)cnn1CC(=O)N[C@@H](C)C(=O)O. The second-order valence-electron chi connectivity index (χ2n) is 10.2. The van der Waals surface area contributed by atoms with Gasteiger partial charge in [0, 0.05) is 6.04 Å². The van der Waals surface area contributed by atoms with Crippen molar-refractivity contribution in [3.05, 3.63) is 11.8 Å². The highest BCUT2D eigenvalue weighted by Gasteiger charge is 2.35. The number of nitrogens with one attached hydrogen (secondary N) is 2. The van der Waals surface area contributed by atoms with Crippen LogP contribution in [0.2, 0.25) is 0 Å². The summed E-state index contributed by atoms with van der Waals surface area (Å²) in [6.45, 7) is 7.57. The minimum atomic E-state index is -1.12. The van der Waals surface area contributed by atoms with Gasteiger partial charge in [-0.3, -0.25) is 14.4 Å². The maximum absolute atomic E-state index is 13.2. The number of carbonyl (C=O) groups excluding carboxylic acids is 2. The van der Waals surface area contributed by atoms with Crippen LogP contribution in [-0.4, -0.2) is 51.4 Å². The van der Waals surface area contributed by atoms with Crippen LogP contribution >= 0.6 is 0 Å². The Balaban J connectivity index is 1.69. The van der Waals surface area contributed by atoms with Crippen LogP contribution in [-0.2, 0) is 16.1 Å². The van der Waals surface area contributed by atoms with Gasteiger partial charge >= 0.3 is 5.97 Å². The van der Waals surface area contributed by atoms with Gasteiger partial charge in [0.15, 0.2) is 0 Å². The van der Waals surface area contributed by atoms with Gasteiger partial charge in [-0.2, -0.15) is 5.10 Å². The molecule has 1 aromatic heterocycles. The molecule has 3 rings (SSSR count). The van der Waals surface area contributed by atoms with Crippen LogP contribution in [0.3, 0.4) is 0 Å². The topological polar surface area (TPSA) is 123 Å². The number of fused-ring (bicyclic) bond motifs is 2. The average Bonchev–Trinajstić information content (AvgIpc) is 3.13. The van der Waals surface area contributed by atoms with Crippen LogP contribution in [0.15, 0.2) is 6.20 Å².